The second kappa shape index (κ2) is 11.1. The number of carbonyl (C=O) groups is 1. The van der Waals surface area contributed by atoms with E-state index in [0.29, 0.717) is 18.0 Å². The highest BCUT2D eigenvalue weighted by atomic mass is 19.1. The van der Waals surface area contributed by atoms with E-state index in [4.69, 9.17) is 4.74 Å². The van der Waals surface area contributed by atoms with Gasteiger partial charge in [-0.05, 0) is 42.8 Å². The van der Waals surface area contributed by atoms with Gasteiger partial charge in [-0.1, -0.05) is 38.7 Å². The molecule has 1 amide bonds. The average Bonchev–Trinajstić information content (AvgIpc) is 2.64. The average molecular weight is 358 g/mol. The van der Waals surface area contributed by atoms with Crippen molar-refractivity contribution >= 4 is 17.3 Å². The van der Waals surface area contributed by atoms with Crippen molar-refractivity contribution in [2.45, 2.75) is 39.0 Å². The van der Waals surface area contributed by atoms with Crippen LogP contribution in [-0.4, -0.2) is 19.1 Å². The van der Waals surface area contributed by atoms with Gasteiger partial charge in [-0.3, -0.25) is 4.79 Å². The Morgan fingerprint density at radius 3 is 2.54 bits per heavy atom. The van der Waals surface area contributed by atoms with Crippen LogP contribution in [0.15, 0.2) is 48.5 Å². The van der Waals surface area contributed by atoms with Crippen molar-refractivity contribution in [3.8, 4) is 5.75 Å². The summed E-state index contributed by atoms with van der Waals surface area (Å²) in [5.41, 5.74) is 1.39. The Morgan fingerprint density at radius 2 is 1.77 bits per heavy atom. The number of carbonyl (C=O) groups excluding carboxylic acids is 1. The molecule has 2 N–H and O–H groups in total. The third kappa shape index (κ3) is 7.55. The first-order valence-electron chi connectivity index (χ1n) is 9.19. The van der Waals surface area contributed by atoms with Crippen molar-refractivity contribution in [1.82, 2.24) is 0 Å². The molecule has 0 bridgehead atoms. The summed E-state index contributed by atoms with van der Waals surface area (Å²) in [5.74, 6) is 0.276. The number of halogens is 1. The van der Waals surface area contributed by atoms with Crippen LogP contribution in [0.25, 0.3) is 0 Å². The summed E-state index contributed by atoms with van der Waals surface area (Å²) in [6, 6.07) is 13.3. The molecule has 0 saturated heterocycles. The van der Waals surface area contributed by atoms with Crippen molar-refractivity contribution in [3.63, 3.8) is 0 Å². The van der Waals surface area contributed by atoms with Crippen molar-refractivity contribution in [2.75, 3.05) is 23.8 Å². The maximum absolute atomic E-state index is 12.9. The molecule has 140 valence electrons. The summed E-state index contributed by atoms with van der Waals surface area (Å²) >= 11 is 0. The Morgan fingerprint density at radius 1 is 1.00 bits per heavy atom. The largest absolute Gasteiger partial charge is 0.494 e. The zero-order chi connectivity index (χ0) is 18.6. The molecular weight excluding hydrogens is 331 g/mol. The molecule has 0 aromatic heterocycles. The number of amides is 1. The second-order valence-corrected chi connectivity index (χ2v) is 6.20. The first kappa shape index (κ1) is 19.8. The number of benzene rings is 2. The topological polar surface area (TPSA) is 50.4 Å². The zero-order valence-corrected chi connectivity index (χ0v) is 15.3. The Bertz CT molecular complexity index is 674. The van der Waals surface area contributed by atoms with Crippen LogP contribution in [-0.2, 0) is 4.79 Å². The molecule has 0 aliphatic rings. The van der Waals surface area contributed by atoms with Gasteiger partial charge in [0.1, 0.15) is 11.6 Å². The number of hydrogen-bond acceptors (Lipinski definition) is 3. The highest BCUT2D eigenvalue weighted by molar-refractivity contribution is 5.93. The number of nitrogens with one attached hydrogen (secondary N) is 2. The first-order chi connectivity index (χ1) is 12.7. The lowest BCUT2D eigenvalue weighted by Crippen LogP contribution is -2.21. The lowest BCUT2D eigenvalue weighted by Gasteiger charge is -2.10. The van der Waals surface area contributed by atoms with E-state index in [-0.39, 0.29) is 18.3 Å². The number of rotatable bonds is 11. The third-order valence-electron chi connectivity index (χ3n) is 3.93. The summed E-state index contributed by atoms with van der Waals surface area (Å²) in [4.78, 5) is 12.0. The Balaban J connectivity index is 1.72. The first-order valence-corrected chi connectivity index (χ1v) is 9.19. The van der Waals surface area contributed by atoms with Crippen molar-refractivity contribution in [1.29, 1.82) is 0 Å². The minimum absolute atomic E-state index is 0.105. The van der Waals surface area contributed by atoms with Crippen molar-refractivity contribution < 1.29 is 13.9 Å². The van der Waals surface area contributed by atoms with E-state index < -0.39 is 0 Å². The molecule has 26 heavy (non-hydrogen) atoms. The molecule has 0 aliphatic carbocycles. The van der Waals surface area contributed by atoms with Crippen LogP contribution >= 0.6 is 0 Å². The number of ether oxygens (including phenoxy) is 1. The minimum Gasteiger partial charge on any atom is -0.494 e. The van der Waals surface area contributed by atoms with Gasteiger partial charge >= 0.3 is 0 Å². The van der Waals surface area contributed by atoms with Gasteiger partial charge in [0.2, 0.25) is 5.91 Å². The minimum atomic E-state index is -0.304. The molecule has 2 aromatic carbocycles. The predicted octanol–water partition coefficient (Wildman–Crippen LogP) is 5.23. The Labute approximate surface area is 154 Å². The molecule has 0 radical (unpaired) electrons. The fourth-order valence-electron chi connectivity index (χ4n) is 2.51. The van der Waals surface area contributed by atoms with Gasteiger partial charge < -0.3 is 15.4 Å². The molecule has 0 atom stereocenters. The van der Waals surface area contributed by atoms with Crippen LogP contribution in [0.3, 0.4) is 0 Å². The summed E-state index contributed by atoms with van der Waals surface area (Å²) in [7, 11) is 0. The molecule has 0 unspecified atom stereocenters. The van der Waals surface area contributed by atoms with Gasteiger partial charge in [-0.2, -0.15) is 0 Å². The summed E-state index contributed by atoms with van der Waals surface area (Å²) < 4.78 is 18.6. The van der Waals surface area contributed by atoms with E-state index in [1.165, 1.54) is 37.8 Å². The maximum atomic E-state index is 12.9. The Kier molecular flexibility index (Phi) is 8.46. The molecule has 0 aliphatic heterocycles. The molecule has 0 fully saturated rings. The second-order valence-electron chi connectivity index (χ2n) is 6.20. The van der Waals surface area contributed by atoms with Gasteiger partial charge in [-0.25, -0.2) is 4.39 Å². The SMILES string of the molecule is CCCCCCCOc1cccc(NC(=O)CNc2ccc(F)cc2)c1. The highest BCUT2D eigenvalue weighted by Gasteiger charge is 2.04. The summed E-state index contributed by atoms with van der Waals surface area (Å²) in [6.45, 7) is 2.99. The van der Waals surface area contributed by atoms with Crippen LogP contribution < -0.4 is 15.4 Å². The van der Waals surface area contributed by atoms with Crippen molar-refractivity contribution in [2.24, 2.45) is 0 Å². The summed E-state index contributed by atoms with van der Waals surface area (Å²) in [5, 5.41) is 5.78. The number of unbranched alkanes of at least 4 members (excludes halogenated alkanes) is 4. The molecular formula is C21H27FN2O2. The number of anilines is 2. The zero-order valence-electron chi connectivity index (χ0n) is 15.3. The van der Waals surface area contributed by atoms with Gasteiger partial charge in [-0.15, -0.1) is 0 Å². The standard InChI is InChI=1S/C21H27FN2O2/c1-2-3-4-5-6-14-26-20-9-7-8-19(15-20)24-21(25)16-23-18-12-10-17(22)11-13-18/h7-13,15,23H,2-6,14,16H2,1H3,(H,24,25). The molecule has 0 saturated carbocycles. The normalized spacial score (nSPS) is 10.4. The van der Waals surface area contributed by atoms with Crippen LogP contribution in [0.1, 0.15) is 39.0 Å². The van der Waals surface area contributed by atoms with E-state index >= 15 is 0 Å². The van der Waals surface area contributed by atoms with E-state index in [9.17, 15) is 9.18 Å². The monoisotopic (exact) mass is 358 g/mol. The fraction of sp³-hybridized carbons (Fsp3) is 0.381. The molecule has 2 aromatic rings. The number of hydrogen-bond donors (Lipinski definition) is 2. The molecule has 2 rings (SSSR count). The van der Waals surface area contributed by atoms with E-state index in [0.717, 1.165) is 12.2 Å². The maximum Gasteiger partial charge on any atom is 0.243 e. The summed E-state index contributed by atoms with van der Waals surface area (Å²) in [6.07, 6.45) is 5.97. The molecule has 5 heteroatoms. The third-order valence-corrected chi connectivity index (χ3v) is 3.93. The molecule has 4 nitrogen and oxygen atoms in total. The van der Waals surface area contributed by atoms with Crippen LogP contribution in [0, 0.1) is 5.82 Å². The lowest BCUT2D eigenvalue weighted by atomic mass is 10.2. The van der Waals surface area contributed by atoms with Crippen LogP contribution in [0.5, 0.6) is 5.75 Å². The highest BCUT2D eigenvalue weighted by Crippen LogP contribution is 2.18. The Hall–Kier alpha value is -2.56. The fourth-order valence-corrected chi connectivity index (χ4v) is 2.51. The van der Waals surface area contributed by atoms with Gasteiger partial charge in [0, 0.05) is 17.4 Å². The van der Waals surface area contributed by atoms with Crippen LogP contribution in [0.2, 0.25) is 0 Å². The van der Waals surface area contributed by atoms with Gasteiger partial charge in [0.25, 0.3) is 0 Å². The van der Waals surface area contributed by atoms with E-state index in [1.54, 1.807) is 12.1 Å². The lowest BCUT2D eigenvalue weighted by molar-refractivity contribution is -0.114. The van der Waals surface area contributed by atoms with E-state index in [1.807, 2.05) is 24.3 Å². The quantitative estimate of drug-likeness (QED) is 0.541. The van der Waals surface area contributed by atoms with Gasteiger partial charge in [0.05, 0.1) is 13.2 Å². The van der Waals surface area contributed by atoms with E-state index in [2.05, 4.69) is 17.6 Å². The molecule has 0 spiro atoms. The predicted molar refractivity (Wildman–Crippen MR) is 104 cm³/mol. The molecule has 0 heterocycles. The van der Waals surface area contributed by atoms with Crippen LogP contribution in [0.4, 0.5) is 15.8 Å². The smallest absolute Gasteiger partial charge is 0.243 e. The van der Waals surface area contributed by atoms with Gasteiger partial charge in [0.15, 0.2) is 0 Å². The van der Waals surface area contributed by atoms with Crippen molar-refractivity contribution in [3.05, 3.63) is 54.3 Å².